The minimum atomic E-state index is -0.733. The lowest BCUT2D eigenvalue weighted by atomic mass is 9.56. The molecular formula is C18H26O5. The highest BCUT2D eigenvalue weighted by Crippen LogP contribution is 2.56. The average molecular weight is 322 g/mol. The van der Waals surface area contributed by atoms with Gasteiger partial charge in [0, 0.05) is 6.42 Å². The second-order valence-electron chi connectivity index (χ2n) is 7.19. The molecule has 0 aromatic rings. The number of carbonyl (C=O) groups excluding carboxylic acids is 2. The number of hydrogen-bond donors (Lipinski definition) is 0. The van der Waals surface area contributed by atoms with Crippen LogP contribution >= 0.6 is 0 Å². The van der Waals surface area contributed by atoms with E-state index in [1.807, 2.05) is 20.8 Å². The van der Waals surface area contributed by atoms with E-state index in [1.54, 1.807) is 6.08 Å². The van der Waals surface area contributed by atoms with Crippen molar-refractivity contribution in [2.75, 3.05) is 6.61 Å². The smallest absolute Gasteiger partial charge is 0.316 e. The van der Waals surface area contributed by atoms with Gasteiger partial charge in [-0.3, -0.25) is 9.59 Å². The summed E-state index contributed by atoms with van der Waals surface area (Å²) in [7, 11) is 0. The van der Waals surface area contributed by atoms with Crippen LogP contribution < -0.4 is 0 Å². The van der Waals surface area contributed by atoms with Gasteiger partial charge < -0.3 is 14.2 Å². The predicted octanol–water partition coefficient (Wildman–Crippen LogP) is 2.78. The zero-order valence-electron chi connectivity index (χ0n) is 14.4. The van der Waals surface area contributed by atoms with E-state index >= 15 is 0 Å². The van der Waals surface area contributed by atoms with E-state index in [2.05, 4.69) is 6.92 Å². The zero-order chi connectivity index (χ0) is 16.8. The standard InChI is InChI=1S/C18H26O5/c1-5-11-9-14-15(23-17(3,4)22-14)13-10-12(19)7-8-18(11,13)16(20)21-6-2/h10-11,14-15H,5-9H2,1-4H3/t11-,14+,15-,18+/m1/s1. The highest BCUT2D eigenvalue weighted by Gasteiger charge is 2.61. The molecule has 0 bridgehead atoms. The van der Waals surface area contributed by atoms with Crippen LogP contribution in [0.2, 0.25) is 0 Å². The SMILES string of the molecule is CCOC(=O)[C@]12CCC(=O)C=C1[C@H]1OC(C)(C)O[C@H]1C[C@H]2CC. The van der Waals surface area contributed by atoms with E-state index < -0.39 is 11.2 Å². The molecular weight excluding hydrogens is 296 g/mol. The minimum absolute atomic E-state index is 0.0590. The van der Waals surface area contributed by atoms with Crippen molar-refractivity contribution >= 4 is 11.8 Å². The summed E-state index contributed by atoms with van der Waals surface area (Å²) in [5, 5.41) is 0. The van der Waals surface area contributed by atoms with Crippen LogP contribution in [0.15, 0.2) is 11.6 Å². The summed E-state index contributed by atoms with van der Waals surface area (Å²) >= 11 is 0. The van der Waals surface area contributed by atoms with Crippen LogP contribution in [0.1, 0.15) is 53.4 Å². The molecule has 23 heavy (non-hydrogen) atoms. The van der Waals surface area contributed by atoms with E-state index in [4.69, 9.17) is 14.2 Å². The fourth-order valence-corrected chi connectivity index (χ4v) is 4.53. The number of ketones is 1. The molecule has 2 aliphatic carbocycles. The first-order chi connectivity index (χ1) is 10.8. The maximum absolute atomic E-state index is 12.9. The van der Waals surface area contributed by atoms with Gasteiger partial charge in [-0.15, -0.1) is 0 Å². The van der Waals surface area contributed by atoms with Crippen molar-refractivity contribution in [1.82, 2.24) is 0 Å². The maximum Gasteiger partial charge on any atom is 0.316 e. The van der Waals surface area contributed by atoms with Crippen molar-refractivity contribution in [3.8, 4) is 0 Å². The van der Waals surface area contributed by atoms with Crippen LogP contribution in [0.25, 0.3) is 0 Å². The first-order valence-electron chi connectivity index (χ1n) is 8.61. The van der Waals surface area contributed by atoms with Gasteiger partial charge in [0.2, 0.25) is 0 Å². The molecule has 0 aromatic heterocycles. The van der Waals surface area contributed by atoms with Crippen molar-refractivity contribution in [3.63, 3.8) is 0 Å². The van der Waals surface area contributed by atoms with E-state index in [1.165, 1.54) is 0 Å². The highest BCUT2D eigenvalue weighted by atomic mass is 16.8. The van der Waals surface area contributed by atoms with Crippen molar-refractivity contribution in [1.29, 1.82) is 0 Å². The second-order valence-corrected chi connectivity index (χ2v) is 7.19. The summed E-state index contributed by atoms with van der Waals surface area (Å²) in [6.07, 6.45) is 3.70. The van der Waals surface area contributed by atoms with Crippen LogP contribution in [0.5, 0.6) is 0 Å². The van der Waals surface area contributed by atoms with Crippen molar-refractivity contribution in [2.45, 2.75) is 71.4 Å². The van der Waals surface area contributed by atoms with Gasteiger partial charge in [0.05, 0.1) is 18.1 Å². The molecule has 3 rings (SSSR count). The fraction of sp³-hybridized carbons (Fsp3) is 0.778. The Morgan fingerprint density at radius 2 is 2.09 bits per heavy atom. The molecule has 5 heteroatoms. The molecule has 2 fully saturated rings. The van der Waals surface area contributed by atoms with E-state index in [0.29, 0.717) is 19.4 Å². The number of fused-ring (bicyclic) bond motifs is 3. The second kappa shape index (κ2) is 5.71. The first kappa shape index (κ1) is 16.7. The quantitative estimate of drug-likeness (QED) is 0.748. The van der Waals surface area contributed by atoms with E-state index in [9.17, 15) is 9.59 Å². The third kappa shape index (κ3) is 2.54. The van der Waals surface area contributed by atoms with Crippen LogP contribution in [-0.4, -0.2) is 36.4 Å². The monoisotopic (exact) mass is 322 g/mol. The van der Waals surface area contributed by atoms with Crippen LogP contribution in [-0.2, 0) is 23.8 Å². The minimum Gasteiger partial charge on any atom is -0.465 e. The fourth-order valence-electron chi connectivity index (χ4n) is 4.53. The maximum atomic E-state index is 12.9. The molecule has 1 heterocycles. The van der Waals surface area contributed by atoms with Crippen LogP contribution in [0.3, 0.4) is 0 Å². The van der Waals surface area contributed by atoms with Crippen LogP contribution in [0, 0.1) is 11.3 Å². The normalized spacial score (nSPS) is 38.5. The van der Waals surface area contributed by atoms with Crippen molar-refractivity contribution in [2.24, 2.45) is 11.3 Å². The van der Waals surface area contributed by atoms with E-state index in [0.717, 1.165) is 18.4 Å². The average Bonchev–Trinajstić information content (AvgIpc) is 2.80. The summed E-state index contributed by atoms with van der Waals surface area (Å²) in [6, 6.07) is 0. The van der Waals surface area contributed by atoms with Crippen molar-refractivity contribution in [3.05, 3.63) is 11.6 Å². The molecule has 0 aromatic carbocycles. The van der Waals surface area contributed by atoms with Gasteiger partial charge in [-0.05, 0) is 51.2 Å². The first-order valence-corrected chi connectivity index (χ1v) is 8.61. The lowest BCUT2D eigenvalue weighted by molar-refractivity contribution is -0.161. The Kier molecular flexibility index (Phi) is 4.13. The third-order valence-corrected chi connectivity index (χ3v) is 5.43. The molecule has 0 amide bonds. The molecule has 3 aliphatic rings. The molecule has 5 nitrogen and oxygen atoms in total. The molecule has 0 unspecified atom stereocenters. The van der Waals surface area contributed by atoms with E-state index in [-0.39, 0.29) is 29.9 Å². The van der Waals surface area contributed by atoms with Gasteiger partial charge >= 0.3 is 5.97 Å². The van der Waals surface area contributed by atoms with Gasteiger partial charge in [-0.2, -0.15) is 0 Å². The number of esters is 1. The molecule has 1 aliphatic heterocycles. The zero-order valence-corrected chi connectivity index (χ0v) is 14.4. The predicted molar refractivity (Wildman–Crippen MR) is 83.6 cm³/mol. The summed E-state index contributed by atoms with van der Waals surface area (Å²) in [5.41, 5.74) is 0.0461. The lowest BCUT2D eigenvalue weighted by Crippen LogP contribution is -2.54. The van der Waals surface area contributed by atoms with Gasteiger partial charge in [-0.25, -0.2) is 0 Å². The summed E-state index contributed by atoms with van der Waals surface area (Å²) in [5.74, 6) is -0.736. The summed E-state index contributed by atoms with van der Waals surface area (Å²) < 4.78 is 17.5. The number of hydrogen-bond acceptors (Lipinski definition) is 5. The number of carbonyl (C=O) groups is 2. The highest BCUT2D eigenvalue weighted by molar-refractivity contribution is 5.96. The Hall–Kier alpha value is -1.20. The molecule has 1 saturated heterocycles. The lowest BCUT2D eigenvalue weighted by Gasteiger charge is -2.48. The Balaban J connectivity index is 2.08. The number of ether oxygens (including phenoxy) is 3. The molecule has 1 saturated carbocycles. The van der Waals surface area contributed by atoms with Crippen molar-refractivity contribution < 1.29 is 23.8 Å². The Morgan fingerprint density at radius 3 is 2.74 bits per heavy atom. The summed E-state index contributed by atoms with van der Waals surface area (Å²) in [6.45, 7) is 8.00. The van der Waals surface area contributed by atoms with Crippen LogP contribution in [0.4, 0.5) is 0 Å². The largest absolute Gasteiger partial charge is 0.465 e. The Morgan fingerprint density at radius 1 is 1.35 bits per heavy atom. The molecule has 0 radical (unpaired) electrons. The summed E-state index contributed by atoms with van der Waals surface area (Å²) in [4.78, 5) is 25.0. The number of rotatable bonds is 3. The molecule has 0 spiro atoms. The van der Waals surface area contributed by atoms with Gasteiger partial charge in [0.25, 0.3) is 0 Å². The molecule has 4 atom stereocenters. The topological polar surface area (TPSA) is 61.8 Å². The van der Waals surface area contributed by atoms with Gasteiger partial charge in [0.15, 0.2) is 11.6 Å². The Bertz CT molecular complexity index is 550. The Labute approximate surface area is 137 Å². The molecule has 128 valence electrons. The molecule has 0 N–H and O–H groups in total. The van der Waals surface area contributed by atoms with Gasteiger partial charge in [-0.1, -0.05) is 13.3 Å². The van der Waals surface area contributed by atoms with Gasteiger partial charge in [0.1, 0.15) is 6.10 Å². The number of allylic oxidation sites excluding steroid dienone is 1. The third-order valence-electron chi connectivity index (χ3n) is 5.43.